The van der Waals surface area contributed by atoms with Crippen molar-refractivity contribution in [3.8, 4) is 5.75 Å². The van der Waals surface area contributed by atoms with Crippen LogP contribution in [-0.2, 0) is 11.3 Å². The molecule has 0 unspecified atom stereocenters. The predicted octanol–water partition coefficient (Wildman–Crippen LogP) is 4.90. The summed E-state index contributed by atoms with van der Waals surface area (Å²) < 4.78 is 12.4. The maximum atomic E-state index is 12.3. The summed E-state index contributed by atoms with van der Waals surface area (Å²) >= 11 is 6.30. The average Bonchev–Trinajstić information content (AvgIpc) is 3.37. The van der Waals surface area contributed by atoms with Gasteiger partial charge < -0.3 is 14.5 Å². The van der Waals surface area contributed by atoms with Gasteiger partial charge in [-0.1, -0.05) is 11.6 Å². The molecule has 1 aliphatic carbocycles. The van der Waals surface area contributed by atoms with E-state index in [2.05, 4.69) is 5.32 Å². The number of benzene rings is 2. The smallest absolute Gasteiger partial charge is 0.419 e. The molecular weight excluding hydrogens is 438 g/mol. The van der Waals surface area contributed by atoms with Crippen molar-refractivity contribution in [3.05, 3.63) is 62.1 Å². The number of nitro groups is 1. The number of halogens is 1. The highest BCUT2D eigenvalue weighted by Gasteiger charge is 2.18. The van der Waals surface area contributed by atoms with Gasteiger partial charge in [-0.2, -0.15) is 0 Å². The van der Waals surface area contributed by atoms with Gasteiger partial charge in [-0.05, 0) is 56.4 Å². The van der Waals surface area contributed by atoms with E-state index in [1.54, 1.807) is 18.2 Å². The Hall–Kier alpha value is -3.33. The number of ether oxygens (including phenoxy) is 1. The van der Waals surface area contributed by atoms with E-state index in [0.29, 0.717) is 28.4 Å². The van der Waals surface area contributed by atoms with Crippen LogP contribution < -0.4 is 15.8 Å². The third-order valence-corrected chi connectivity index (χ3v) is 5.76. The zero-order valence-corrected chi connectivity index (χ0v) is 18.0. The molecule has 0 radical (unpaired) electrons. The lowest BCUT2D eigenvalue weighted by Crippen LogP contribution is -2.17. The Bertz CT molecular complexity index is 1210. The maximum absolute atomic E-state index is 12.3. The van der Waals surface area contributed by atoms with Gasteiger partial charge in [0.05, 0.1) is 27.6 Å². The molecule has 3 aromatic rings. The Kier molecular flexibility index (Phi) is 6.45. The summed E-state index contributed by atoms with van der Waals surface area (Å²) in [5, 5.41) is 14.1. The van der Waals surface area contributed by atoms with E-state index in [0.717, 1.165) is 25.7 Å². The molecule has 0 bridgehead atoms. The summed E-state index contributed by atoms with van der Waals surface area (Å²) in [5.74, 6) is -0.226. The molecule has 1 amide bonds. The van der Waals surface area contributed by atoms with Crippen LogP contribution in [0.4, 0.5) is 11.4 Å². The summed E-state index contributed by atoms with van der Waals surface area (Å²) in [6.07, 6.45) is 5.13. The number of hydrogen-bond donors (Lipinski definition) is 1. The van der Waals surface area contributed by atoms with Gasteiger partial charge in [0.2, 0.25) is 5.91 Å². The fourth-order valence-corrected chi connectivity index (χ4v) is 4.09. The van der Waals surface area contributed by atoms with Crippen LogP contribution in [-0.4, -0.2) is 21.5 Å². The average molecular weight is 460 g/mol. The molecule has 32 heavy (non-hydrogen) atoms. The Morgan fingerprint density at radius 2 is 2.03 bits per heavy atom. The number of carbonyl (C=O) groups excluding carboxylic acids is 1. The molecule has 0 atom stereocenters. The number of nitrogens with zero attached hydrogens (tertiary/aromatic N) is 2. The van der Waals surface area contributed by atoms with Crippen LogP contribution in [0, 0.1) is 10.1 Å². The maximum Gasteiger partial charge on any atom is 0.419 e. The van der Waals surface area contributed by atoms with E-state index in [1.807, 2.05) is 0 Å². The second-order valence-electron chi connectivity index (χ2n) is 7.75. The number of nitrogens with one attached hydrogen (secondary N) is 1. The molecule has 0 aliphatic heterocycles. The third kappa shape index (κ3) is 4.94. The molecule has 0 saturated heterocycles. The molecule has 10 heteroatoms. The lowest BCUT2D eigenvalue weighted by atomic mass is 10.2. The highest BCUT2D eigenvalue weighted by atomic mass is 35.5. The fourth-order valence-electron chi connectivity index (χ4n) is 3.86. The molecule has 0 spiro atoms. The number of aromatic nitrogens is 1. The van der Waals surface area contributed by atoms with Crippen molar-refractivity contribution in [2.75, 3.05) is 5.32 Å². The highest BCUT2D eigenvalue weighted by Crippen LogP contribution is 2.31. The number of carbonyl (C=O) groups is 1. The summed E-state index contributed by atoms with van der Waals surface area (Å²) in [7, 11) is 0. The van der Waals surface area contributed by atoms with Crippen molar-refractivity contribution in [1.82, 2.24) is 4.57 Å². The van der Waals surface area contributed by atoms with Crippen molar-refractivity contribution < 1.29 is 18.9 Å². The van der Waals surface area contributed by atoms with E-state index < -0.39 is 10.7 Å². The van der Waals surface area contributed by atoms with Gasteiger partial charge >= 0.3 is 5.76 Å². The van der Waals surface area contributed by atoms with E-state index >= 15 is 0 Å². The van der Waals surface area contributed by atoms with Gasteiger partial charge in [-0.25, -0.2) is 4.79 Å². The number of oxazole rings is 1. The highest BCUT2D eigenvalue weighted by molar-refractivity contribution is 6.32. The van der Waals surface area contributed by atoms with Gasteiger partial charge in [-0.15, -0.1) is 0 Å². The number of amides is 1. The normalized spacial score (nSPS) is 14.0. The minimum Gasteiger partial charge on any atom is -0.489 e. The Balaban J connectivity index is 1.32. The van der Waals surface area contributed by atoms with Gasteiger partial charge in [-0.3, -0.25) is 19.5 Å². The summed E-state index contributed by atoms with van der Waals surface area (Å²) in [5.41, 5.74) is 1.00. The number of aryl methyl sites for hydroxylation is 1. The monoisotopic (exact) mass is 459 g/mol. The van der Waals surface area contributed by atoms with Crippen molar-refractivity contribution in [1.29, 1.82) is 0 Å². The number of hydrogen-bond acceptors (Lipinski definition) is 6. The van der Waals surface area contributed by atoms with E-state index in [-0.39, 0.29) is 36.2 Å². The molecule has 168 valence electrons. The molecule has 9 nitrogen and oxygen atoms in total. The van der Waals surface area contributed by atoms with Crippen molar-refractivity contribution >= 4 is 40.0 Å². The first-order chi connectivity index (χ1) is 15.4. The Labute approximate surface area is 188 Å². The minimum atomic E-state index is -0.620. The topological polar surface area (TPSA) is 117 Å². The second kappa shape index (κ2) is 9.44. The SMILES string of the molecule is O=C(CCCn1c(=O)oc2cc([N+](=O)[O-])ccc21)Nc1ccc(OC2CCCC2)c(Cl)c1. The zero-order valence-electron chi connectivity index (χ0n) is 17.2. The zero-order chi connectivity index (χ0) is 22.7. The lowest BCUT2D eigenvalue weighted by molar-refractivity contribution is -0.384. The Morgan fingerprint density at radius 1 is 1.25 bits per heavy atom. The van der Waals surface area contributed by atoms with E-state index in [1.165, 1.54) is 22.8 Å². The first kappa shape index (κ1) is 21.9. The number of non-ortho nitro benzene ring substituents is 1. The number of anilines is 1. The van der Waals surface area contributed by atoms with Crippen molar-refractivity contribution in [2.24, 2.45) is 0 Å². The number of rotatable bonds is 8. The van der Waals surface area contributed by atoms with Crippen LogP contribution in [0.15, 0.2) is 45.6 Å². The van der Waals surface area contributed by atoms with Crippen LogP contribution in [0.5, 0.6) is 5.75 Å². The molecule has 1 aromatic heterocycles. The van der Waals surface area contributed by atoms with E-state index in [9.17, 15) is 19.7 Å². The standard InChI is InChI=1S/C22H22ClN3O6/c23-17-12-14(7-10-19(17)31-16-4-1-2-5-16)24-21(27)6-3-11-25-18-9-8-15(26(29)30)13-20(18)32-22(25)28/h7-10,12-13,16H,1-6,11H2,(H,24,27). The minimum absolute atomic E-state index is 0.142. The molecule has 2 aromatic carbocycles. The molecular formula is C22H22ClN3O6. The van der Waals surface area contributed by atoms with Gasteiger partial charge in [0.15, 0.2) is 5.58 Å². The van der Waals surface area contributed by atoms with Crippen LogP contribution in [0.2, 0.25) is 5.02 Å². The van der Waals surface area contributed by atoms with Crippen LogP contribution >= 0.6 is 11.6 Å². The van der Waals surface area contributed by atoms with Gasteiger partial charge in [0, 0.05) is 24.7 Å². The Morgan fingerprint density at radius 3 is 2.75 bits per heavy atom. The predicted molar refractivity (Wildman–Crippen MR) is 119 cm³/mol. The summed E-state index contributed by atoms with van der Waals surface area (Å²) in [4.78, 5) is 34.7. The summed E-state index contributed by atoms with van der Waals surface area (Å²) in [6, 6.07) is 9.15. The summed E-state index contributed by atoms with van der Waals surface area (Å²) in [6.45, 7) is 0.242. The van der Waals surface area contributed by atoms with Crippen LogP contribution in [0.3, 0.4) is 0 Å². The van der Waals surface area contributed by atoms with Crippen LogP contribution in [0.25, 0.3) is 11.1 Å². The first-order valence-corrected chi connectivity index (χ1v) is 10.8. The van der Waals surface area contributed by atoms with Crippen molar-refractivity contribution in [3.63, 3.8) is 0 Å². The van der Waals surface area contributed by atoms with Crippen molar-refractivity contribution in [2.45, 2.75) is 51.2 Å². The second-order valence-corrected chi connectivity index (χ2v) is 8.16. The number of fused-ring (bicyclic) bond motifs is 1. The van der Waals surface area contributed by atoms with E-state index in [4.69, 9.17) is 20.8 Å². The molecule has 1 N–H and O–H groups in total. The molecule has 1 heterocycles. The van der Waals surface area contributed by atoms with Gasteiger partial charge in [0.25, 0.3) is 5.69 Å². The quantitative estimate of drug-likeness (QED) is 0.378. The molecule has 1 aliphatic rings. The lowest BCUT2D eigenvalue weighted by Gasteiger charge is -2.15. The molecule has 1 fully saturated rings. The largest absolute Gasteiger partial charge is 0.489 e. The fraction of sp³-hybridized carbons (Fsp3) is 0.364. The third-order valence-electron chi connectivity index (χ3n) is 5.46. The van der Waals surface area contributed by atoms with Gasteiger partial charge in [0.1, 0.15) is 5.75 Å². The molecule has 4 rings (SSSR count). The van der Waals surface area contributed by atoms with Crippen LogP contribution in [0.1, 0.15) is 38.5 Å². The molecule has 1 saturated carbocycles. The number of nitro benzene ring substituents is 1. The first-order valence-electron chi connectivity index (χ1n) is 10.4.